The van der Waals surface area contributed by atoms with E-state index in [1.165, 1.54) is 12.5 Å². The van der Waals surface area contributed by atoms with Crippen LogP contribution in [-0.4, -0.2) is 29.5 Å². The van der Waals surface area contributed by atoms with Crippen LogP contribution in [-0.2, 0) is 0 Å². The van der Waals surface area contributed by atoms with Crippen LogP contribution in [0, 0.1) is 10.1 Å². The Bertz CT molecular complexity index is 476. The van der Waals surface area contributed by atoms with E-state index in [1.807, 2.05) is 0 Å². The summed E-state index contributed by atoms with van der Waals surface area (Å²) < 4.78 is 0. The second-order valence-electron chi connectivity index (χ2n) is 5.21. The first-order valence-electron chi connectivity index (χ1n) is 7.26. The molecule has 1 unspecified atom stereocenters. The lowest BCUT2D eigenvalue weighted by Gasteiger charge is -2.36. The minimum Gasteiger partial charge on any atom is -0.373 e. The maximum atomic E-state index is 11.0. The van der Waals surface area contributed by atoms with Gasteiger partial charge in [-0.25, -0.2) is 4.98 Å². The molecule has 1 aliphatic rings. The van der Waals surface area contributed by atoms with Gasteiger partial charge < -0.3 is 10.2 Å². The lowest BCUT2D eigenvalue weighted by Crippen LogP contribution is -2.40. The molecule has 6 heteroatoms. The molecule has 1 aliphatic heterocycles. The van der Waals surface area contributed by atoms with E-state index in [0.29, 0.717) is 11.9 Å². The predicted molar refractivity (Wildman–Crippen MR) is 80.3 cm³/mol. The van der Waals surface area contributed by atoms with E-state index in [2.05, 4.69) is 22.1 Å². The molecule has 1 aromatic heterocycles. The third-order valence-electron chi connectivity index (χ3n) is 3.81. The molecule has 0 saturated carbocycles. The Kier molecular flexibility index (Phi) is 4.76. The van der Waals surface area contributed by atoms with Crippen LogP contribution in [0.5, 0.6) is 0 Å². The van der Waals surface area contributed by atoms with Gasteiger partial charge in [0.1, 0.15) is 11.6 Å². The van der Waals surface area contributed by atoms with Crippen molar-refractivity contribution < 1.29 is 4.92 Å². The fourth-order valence-corrected chi connectivity index (χ4v) is 2.82. The number of piperidine rings is 1. The van der Waals surface area contributed by atoms with Crippen LogP contribution >= 0.6 is 0 Å². The first-order chi connectivity index (χ1) is 9.65. The summed E-state index contributed by atoms with van der Waals surface area (Å²) in [5, 5.41) is 13.9. The average Bonchev–Trinajstić information content (AvgIpc) is 2.47. The molecule has 0 aliphatic carbocycles. The van der Waals surface area contributed by atoms with Gasteiger partial charge in [-0.15, -0.1) is 0 Å². The highest BCUT2D eigenvalue weighted by atomic mass is 16.6. The molecule has 0 bridgehead atoms. The van der Waals surface area contributed by atoms with E-state index in [-0.39, 0.29) is 10.6 Å². The largest absolute Gasteiger partial charge is 0.373 e. The summed E-state index contributed by atoms with van der Waals surface area (Å²) in [6.45, 7) is 3.11. The molecule has 0 spiro atoms. The number of hydrogen-bond acceptors (Lipinski definition) is 5. The molecule has 2 rings (SSSR count). The first-order valence-corrected chi connectivity index (χ1v) is 7.26. The summed E-state index contributed by atoms with van der Waals surface area (Å²) >= 11 is 0. The SMILES string of the molecule is CCCC1CCCCN1c1cc([N+](=O)[O-])cc(NC)n1. The highest BCUT2D eigenvalue weighted by molar-refractivity contribution is 5.56. The van der Waals surface area contributed by atoms with Gasteiger partial charge in [0.2, 0.25) is 0 Å². The minimum atomic E-state index is -0.356. The summed E-state index contributed by atoms with van der Waals surface area (Å²) in [5.74, 6) is 1.27. The zero-order valence-electron chi connectivity index (χ0n) is 12.1. The molecular weight excluding hydrogens is 256 g/mol. The number of rotatable bonds is 5. The van der Waals surface area contributed by atoms with Crippen molar-refractivity contribution in [2.24, 2.45) is 0 Å². The third kappa shape index (κ3) is 3.18. The second-order valence-corrected chi connectivity index (χ2v) is 5.21. The van der Waals surface area contributed by atoms with Crippen LogP contribution in [0.1, 0.15) is 39.0 Å². The second kappa shape index (κ2) is 6.54. The van der Waals surface area contributed by atoms with E-state index in [1.54, 1.807) is 13.1 Å². The highest BCUT2D eigenvalue weighted by Gasteiger charge is 2.24. The molecule has 1 aromatic rings. The maximum Gasteiger partial charge on any atom is 0.276 e. The smallest absolute Gasteiger partial charge is 0.276 e. The molecule has 0 radical (unpaired) electrons. The van der Waals surface area contributed by atoms with E-state index in [0.717, 1.165) is 38.0 Å². The average molecular weight is 278 g/mol. The Morgan fingerprint density at radius 3 is 2.95 bits per heavy atom. The standard InChI is InChI=1S/C14H22N4O2/c1-3-6-11-7-4-5-8-17(11)14-10-12(18(19)20)9-13(15-2)16-14/h9-11H,3-8H2,1-2H3,(H,15,16). The number of anilines is 2. The zero-order chi connectivity index (χ0) is 14.5. The Morgan fingerprint density at radius 1 is 1.50 bits per heavy atom. The van der Waals surface area contributed by atoms with Crippen molar-refractivity contribution in [3.05, 3.63) is 22.2 Å². The number of nitrogens with one attached hydrogen (secondary N) is 1. The summed E-state index contributed by atoms with van der Waals surface area (Å²) in [6, 6.07) is 3.52. The van der Waals surface area contributed by atoms with Gasteiger partial charge in [0, 0.05) is 19.6 Å². The van der Waals surface area contributed by atoms with Crippen LogP contribution in [0.2, 0.25) is 0 Å². The monoisotopic (exact) mass is 278 g/mol. The Labute approximate surface area is 119 Å². The quantitative estimate of drug-likeness (QED) is 0.661. The molecular formula is C14H22N4O2. The summed E-state index contributed by atoms with van der Waals surface area (Å²) in [7, 11) is 1.73. The molecule has 2 heterocycles. The third-order valence-corrected chi connectivity index (χ3v) is 3.81. The number of nitro groups is 1. The molecule has 1 atom stereocenters. The van der Waals surface area contributed by atoms with Gasteiger partial charge in [0.15, 0.2) is 0 Å². The number of aromatic nitrogens is 1. The molecule has 0 amide bonds. The summed E-state index contributed by atoms with van der Waals surface area (Å²) in [5.41, 5.74) is 0.0974. The number of hydrogen-bond donors (Lipinski definition) is 1. The summed E-state index contributed by atoms with van der Waals surface area (Å²) in [4.78, 5) is 17.4. The van der Waals surface area contributed by atoms with E-state index in [4.69, 9.17) is 0 Å². The van der Waals surface area contributed by atoms with Crippen LogP contribution < -0.4 is 10.2 Å². The maximum absolute atomic E-state index is 11.0. The topological polar surface area (TPSA) is 71.3 Å². The van der Waals surface area contributed by atoms with Crippen molar-refractivity contribution >= 4 is 17.3 Å². The highest BCUT2D eigenvalue weighted by Crippen LogP contribution is 2.29. The van der Waals surface area contributed by atoms with Gasteiger partial charge in [-0.1, -0.05) is 13.3 Å². The van der Waals surface area contributed by atoms with Gasteiger partial charge in [-0.3, -0.25) is 10.1 Å². The van der Waals surface area contributed by atoms with Gasteiger partial charge in [0.25, 0.3) is 5.69 Å². The van der Waals surface area contributed by atoms with Gasteiger partial charge in [-0.2, -0.15) is 0 Å². The zero-order valence-corrected chi connectivity index (χ0v) is 12.1. The Morgan fingerprint density at radius 2 is 2.30 bits per heavy atom. The fourth-order valence-electron chi connectivity index (χ4n) is 2.82. The fraction of sp³-hybridized carbons (Fsp3) is 0.643. The Hall–Kier alpha value is -1.85. The van der Waals surface area contributed by atoms with Crippen molar-refractivity contribution in [2.45, 2.75) is 45.1 Å². The molecule has 1 saturated heterocycles. The normalized spacial score (nSPS) is 18.9. The van der Waals surface area contributed by atoms with Crippen molar-refractivity contribution in [1.29, 1.82) is 0 Å². The lowest BCUT2D eigenvalue weighted by atomic mass is 9.98. The first kappa shape index (κ1) is 14.6. The minimum absolute atomic E-state index is 0.0974. The van der Waals surface area contributed by atoms with Gasteiger partial charge in [0.05, 0.1) is 17.1 Å². The number of nitrogens with zero attached hydrogens (tertiary/aromatic N) is 3. The van der Waals surface area contributed by atoms with E-state index < -0.39 is 0 Å². The molecule has 20 heavy (non-hydrogen) atoms. The van der Waals surface area contributed by atoms with Crippen molar-refractivity contribution in [1.82, 2.24) is 4.98 Å². The summed E-state index contributed by atoms with van der Waals surface area (Å²) in [6.07, 6.45) is 5.73. The molecule has 110 valence electrons. The van der Waals surface area contributed by atoms with Crippen molar-refractivity contribution in [2.75, 3.05) is 23.8 Å². The van der Waals surface area contributed by atoms with E-state index >= 15 is 0 Å². The lowest BCUT2D eigenvalue weighted by molar-refractivity contribution is -0.384. The van der Waals surface area contributed by atoms with Gasteiger partial charge >= 0.3 is 0 Å². The molecule has 1 N–H and O–H groups in total. The van der Waals surface area contributed by atoms with Crippen LogP contribution in [0.15, 0.2) is 12.1 Å². The molecule has 0 aromatic carbocycles. The van der Waals surface area contributed by atoms with Crippen molar-refractivity contribution in [3.8, 4) is 0 Å². The molecule has 1 fully saturated rings. The predicted octanol–water partition coefficient (Wildman–Crippen LogP) is 3.19. The van der Waals surface area contributed by atoms with E-state index in [9.17, 15) is 10.1 Å². The van der Waals surface area contributed by atoms with Gasteiger partial charge in [-0.05, 0) is 25.7 Å². The molecule has 6 nitrogen and oxygen atoms in total. The van der Waals surface area contributed by atoms with Crippen LogP contribution in [0.3, 0.4) is 0 Å². The Balaban J connectivity index is 2.33. The van der Waals surface area contributed by atoms with Crippen LogP contribution in [0.4, 0.5) is 17.3 Å². The number of pyridine rings is 1. The van der Waals surface area contributed by atoms with Crippen LogP contribution in [0.25, 0.3) is 0 Å². The van der Waals surface area contributed by atoms with Crippen molar-refractivity contribution in [3.63, 3.8) is 0 Å².